The maximum Gasteiger partial charge on any atom is 0.391 e. The summed E-state index contributed by atoms with van der Waals surface area (Å²) in [5, 5.41) is 0. The van der Waals surface area contributed by atoms with Crippen LogP contribution < -0.4 is 0 Å². The van der Waals surface area contributed by atoms with E-state index < -0.39 is 60.4 Å². The van der Waals surface area contributed by atoms with E-state index in [2.05, 4.69) is 0 Å². The van der Waals surface area contributed by atoms with Gasteiger partial charge in [0.05, 0.1) is 12.8 Å². The van der Waals surface area contributed by atoms with Crippen molar-refractivity contribution in [3.05, 3.63) is 71.3 Å². The van der Waals surface area contributed by atoms with Gasteiger partial charge in [-0.3, -0.25) is 8.37 Å². The molecule has 0 aromatic heterocycles. The van der Waals surface area contributed by atoms with Crippen molar-refractivity contribution in [2.45, 2.75) is 37.4 Å². The molecule has 0 saturated carbocycles. The van der Waals surface area contributed by atoms with Crippen molar-refractivity contribution < 1.29 is 47.7 Å². The van der Waals surface area contributed by atoms with E-state index in [0.29, 0.717) is 0 Å². The number of rotatable bonds is 8. The van der Waals surface area contributed by atoms with E-state index in [0.717, 1.165) is 48.5 Å². The Morgan fingerprint density at radius 3 is 1.23 bits per heavy atom. The predicted octanol–water partition coefficient (Wildman–Crippen LogP) is 6.26. The van der Waals surface area contributed by atoms with Gasteiger partial charge in [0.25, 0.3) is 0 Å². The monoisotopic (exact) mass is 462 g/mol. The molecular weight excluding hydrogens is 448 g/mol. The van der Waals surface area contributed by atoms with Crippen molar-refractivity contribution >= 4 is 11.4 Å². The molecule has 2 aromatic carbocycles. The molecule has 0 radical (unpaired) electrons. The fourth-order valence-electron chi connectivity index (χ4n) is 2.40. The van der Waals surface area contributed by atoms with Gasteiger partial charge in [-0.1, -0.05) is 24.3 Å². The highest BCUT2D eigenvalue weighted by Crippen LogP contribution is 2.36. The maximum atomic E-state index is 13.0. The average Bonchev–Trinajstić information content (AvgIpc) is 2.59. The highest BCUT2D eigenvalue weighted by Gasteiger charge is 2.37. The second-order valence-corrected chi connectivity index (χ2v) is 6.91. The van der Waals surface area contributed by atoms with Crippen LogP contribution in [0.3, 0.4) is 0 Å². The third-order valence-corrected chi connectivity index (χ3v) is 4.49. The summed E-state index contributed by atoms with van der Waals surface area (Å²) in [5.74, 6) is -1.49. The lowest BCUT2D eigenvalue weighted by Crippen LogP contribution is -2.21. The Morgan fingerprint density at radius 2 is 0.967 bits per heavy atom. The molecule has 0 aliphatic heterocycles. The van der Waals surface area contributed by atoms with E-state index in [1.54, 1.807) is 0 Å². The van der Waals surface area contributed by atoms with Gasteiger partial charge in [0.1, 0.15) is 23.8 Å². The van der Waals surface area contributed by atoms with E-state index in [-0.39, 0.29) is 11.1 Å². The number of benzene rings is 2. The summed E-state index contributed by atoms with van der Waals surface area (Å²) in [4.78, 5) is 0. The van der Waals surface area contributed by atoms with Gasteiger partial charge in [-0.05, 0) is 35.4 Å². The van der Waals surface area contributed by atoms with E-state index in [9.17, 15) is 39.3 Å². The Balaban J connectivity index is 2.20. The first kappa shape index (κ1) is 24.2. The van der Waals surface area contributed by atoms with Crippen LogP contribution in [-0.2, 0) is 19.7 Å². The zero-order chi connectivity index (χ0) is 22.5. The average molecular weight is 462 g/mol. The van der Waals surface area contributed by atoms with Crippen molar-refractivity contribution in [2.24, 2.45) is 0 Å². The van der Waals surface area contributed by atoms with E-state index in [4.69, 9.17) is 8.37 Å². The first-order valence-electron chi connectivity index (χ1n) is 8.23. The molecule has 2 rings (SSSR count). The maximum absolute atomic E-state index is 13.0. The molecule has 0 aliphatic rings. The quantitative estimate of drug-likeness (QED) is 0.434. The van der Waals surface area contributed by atoms with Crippen molar-refractivity contribution in [3.63, 3.8) is 0 Å². The van der Waals surface area contributed by atoms with E-state index in [1.165, 1.54) is 0 Å². The smallest absolute Gasteiger partial charge is 0.260 e. The fourth-order valence-corrected chi connectivity index (χ4v) is 3.19. The van der Waals surface area contributed by atoms with Gasteiger partial charge >= 0.3 is 23.7 Å². The molecule has 0 bridgehead atoms. The van der Waals surface area contributed by atoms with Gasteiger partial charge in [-0.2, -0.15) is 30.6 Å². The molecule has 0 aliphatic carbocycles. The molecule has 166 valence electrons. The lowest BCUT2D eigenvalue weighted by Gasteiger charge is -2.22. The minimum Gasteiger partial charge on any atom is -0.260 e. The Labute approximate surface area is 168 Å². The second-order valence-electron chi connectivity index (χ2n) is 6.12. The van der Waals surface area contributed by atoms with Crippen LogP contribution in [0.25, 0.3) is 0 Å². The summed E-state index contributed by atoms with van der Waals surface area (Å²) in [6.45, 7) is 0. The predicted molar refractivity (Wildman–Crippen MR) is 89.9 cm³/mol. The Kier molecular flexibility index (Phi) is 7.94. The minimum atomic E-state index is -4.79. The first-order valence-corrected chi connectivity index (χ1v) is 9.23. The van der Waals surface area contributed by atoms with Gasteiger partial charge < -0.3 is 0 Å². The van der Waals surface area contributed by atoms with E-state index in [1.807, 2.05) is 0 Å². The summed E-state index contributed by atoms with van der Waals surface area (Å²) in [6.07, 6.45) is -16.7. The van der Waals surface area contributed by atoms with E-state index >= 15 is 0 Å². The number of hydrogen-bond donors (Lipinski definition) is 0. The molecule has 0 fully saturated rings. The third-order valence-electron chi connectivity index (χ3n) is 3.71. The van der Waals surface area contributed by atoms with Crippen LogP contribution in [0.2, 0.25) is 0 Å². The van der Waals surface area contributed by atoms with Crippen LogP contribution in [0.4, 0.5) is 35.1 Å². The molecule has 0 spiro atoms. The standard InChI is InChI=1S/C18H14F8O3S/c19-13-5-1-11(2-6-13)15(9-17(21,22)23)28-30(27)29-16(10-18(24,25)26)12-3-7-14(20)8-4-12/h1-8,15-16H,9-10H2. The molecule has 12 heteroatoms. The molecule has 0 amide bonds. The van der Waals surface area contributed by atoms with Crippen LogP contribution in [0, 0.1) is 11.6 Å². The van der Waals surface area contributed by atoms with Crippen molar-refractivity contribution in [3.8, 4) is 0 Å². The Morgan fingerprint density at radius 1 is 0.667 bits per heavy atom. The van der Waals surface area contributed by atoms with Crippen LogP contribution in [0.5, 0.6) is 0 Å². The fraction of sp³-hybridized carbons (Fsp3) is 0.333. The van der Waals surface area contributed by atoms with Gasteiger partial charge in [-0.15, -0.1) is 0 Å². The molecule has 0 heterocycles. The topological polar surface area (TPSA) is 35.5 Å². The van der Waals surface area contributed by atoms with Crippen LogP contribution >= 0.6 is 0 Å². The van der Waals surface area contributed by atoms with Crippen LogP contribution in [0.15, 0.2) is 48.5 Å². The molecule has 30 heavy (non-hydrogen) atoms. The molecule has 2 aromatic rings. The number of halogens is 8. The molecule has 2 atom stereocenters. The Hall–Kier alpha value is -2.05. The first-order chi connectivity index (χ1) is 13.8. The summed E-state index contributed by atoms with van der Waals surface area (Å²) < 4.78 is 125. The van der Waals surface area contributed by atoms with Crippen LogP contribution in [-0.4, -0.2) is 16.6 Å². The number of alkyl halides is 6. The SMILES string of the molecule is O=S(OC(CC(F)(F)F)c1ccc(F)cc1)OC(CC(F)(F)F)c1ccc(F)cc1. The lowest BCUT2D eigenvalue weighted by atomic mass is 10.1. The summed E-state index contributed by atoms with van der Waals surface area (Å²) in [6, 6.07) is 7.19. The highest BCUT2D eigenvalue weighted by atomic mass is 32.2. The largest absolute Gasteiger partial charge is 0.391 e. The van der Waals surface area contributed by atoms with Gasteiger partial charge in [-0.25, -0.2) is 8.78 Å². The minimum absolute atomic E-state index is 0.208. The Bertz CT molecular complexity index is 765. The summed E-state index contributed by atoms with van der Waals surface area (Å²) in [7, 11) is 0. The summed E-state index contributed by atoms with van der Waals surface area (Å²) in [5.41, 5.74) is -0.417. The van der Waals surface area contributed by atoms with Gasteiger partial charge in [0.2, 0.25) is 0 Å². The zero-order valence-electron chi connectivity index (χ0n) is 14.8. The van der Waals surface area contributed by atoms with Crippen molar-refractivity contribution in [2.75, 3.05) is 0 Å². The second kappa shape index (κ2) is 9.84. The molecule has 0 saturated heterocycles. The van der Waals surface area contributed by atoms with Gasteiger partial charge in [0, 0.05) is 0 Å². The summed E-state index contributed by atoms with van der Waals surface area (Å²) >= 11 is -3.05. The third kappa shape index (κ3) is 8.36. The molecule has 2 unspecified atom stereocenters. The highest BCUT2D eigenvalue weighted by molar-refractivity contribution is 7.75. The van der Waals surface area contributed by atoms with Crippen molar-refractivity contribution in [1.29, 1.82) is 0 Å². The lowest BCUT2D eigenvalue weighted by molar-refractivity contribution is -0.154. The van der Waals surface area contributed by atoms with Gasteiger partial charge in [0.15, 0.2) is 0 Å². The zero-order valence-corrected chi connectivity index (χ0v) is 15.7. The van der Waals surface area contributed by atoms with Crippen molar-refractivity contribution in [1.82, 2.24) is 0 Å². The normalized spacial score (nSPS) is 15.6. The molecule has 0 N–H and O–H groups in total. The number of hydrogen-bond acceptors (Lipinski definition) is 3. The molecular formula is C18H14F8O3S. The molecule has 3 nitrogen and oxygen atoms in total. The van der Waals surface area contributed by atoms with Crippen LogP contribution in [0.1, 0.15) is 36.2 Å².